The summed E-state index contributed by atoms with van der Waals surface area (Å²) in [5, 5.41) is 5.46. The molecule has 0 spiro atoms. The molecule has 0 atom stereocenters. The number of rotatable bonds is 4. The summed E-state index contributed by atoms with van der Waals surface area (Å²) >= 11 is 0. The lowest BCUT2D eigenvalue weighted by molar-refractivity contribution is -0.114. The number of carbonyl (C=O) groups excluding carboxylic acids is 3. The number of hydrogen-bond acceptors (Lipinski definition) is 4. The van der Waals surface area contributed by atoms with Crippen molar-refractivity contribution in [3.63, 3.8) is 0 Å². The molecule has 0 saturated heterocycles. The van der Waals surface area contributed by atoms with Gasteiger partial charge in [-0.05, 0) is 41.5 Å². The summed E-state index contributed by atoms with van der Waals surface area (Å²) in [4.78, 5) is 36.8. The number of anilines is 2. The van der Waals surface area contributed by atoms with Crippen LogP contribution in [0.1, 0.15) is 33.2 Å². The molecule has 1 aliphatic carbocycles. The molecule has 0 unspecified atom stereocenters. The molecule has 0 aliphatic heterocycles. The molecule has 2 N–H and O–H groups in total. The average Bonchev–Trinajstić information content (AvgIpc) is 3.00. The second kappa shape index (κ2) is 7.24. The van der Waals surface area contributed by atoms with Gasteiger partial charge in [0, 0.05) is 29.3 Å². The van der Waals surface area contributed by atoms with Gasteiger partial charge in [0.25, 0.3) is 5.91 Å². The van der Waals surface area contributed by atoms with Crippen molar-refractivity contribution in [1.82, 2.24) is 0 Å². The van der Waals surface area contributed by atoms with E-state index in [0.29, 0.717) is 33.8 Å². The highest BCUT2D eigenvalue weighted by Gasteiger charge is 2.27. The van der Waals surface area contributed by atoms with Crippen LogP contribution in [-0.2, 0) is 4.79 Å². The van der Waals surface area contributed by atoms with Gasteiger partial charge < -0.3 is 15.4 Å². The van der Waals surface area contributed by atoms with Gasteiger partial charge in [-0.2, -0.15) is 0 Å². The van der Waals surface area contributed by atoms with Crippen LogP contribution in [0.25, 0.3) is 11.1 Å². The summed E-state index contributed by atoms with van der Waals surface area (Å²) in [7, 11) is 1.50. The predicted molar refractivity (Wildman–Crippen MR) is 111 cm³/mol. The molecule has 29 heavy (non-hydrogen) atoms. The molecule has 0 heterocycles. The van der Waals surface area contributed by atoms with Gasteiger partial charge in [-0.15, -0.1) is 0 Å². The number of amides is 2. The van der Waals surface area contributed by atoms with Gasteiger partial charge in [0.05, 0.1) is 12.8 Å². The third-order valence-corrected chi connectivity index (χ3v) is 4.76. The van der Waals surface area contributed by atoms with Crippen molar-refractivity contribution < 1.29 is 19.1 Å². The highest BCUT2D eigenvalue weighted by molar-refractivity contribution is 6.22. The molecule has 0 saturated carbocycles. The number of methoxy groups -OCH3 is 1. The van der Waals surface area contributed by atoms with Crippen LogP contribution in [0.4, 0.5) is 11.4 Å². The maximum atomic E-state index is 12.7. The van der Waals surface area contributed by atoms with Crippen LogP contribution in [0.5, 0.6) is 5.75 Å². The minimum absolute atomic E-state index is 0.0809. The Hall–Kier alpha value is -3.93. The monoisotopic (exact) mass is 386 g/mol. The van der Waals surface area contributed by atoms with E-state index >= 15 is 0 Å². The fourth-order valence-electron chi connectivity index (χ4n) is 3.45. The van der Waals surface area contributed by atoms with Crippen LogP contribution in [-0.4, -0.2) is 24.7 Å². The second-order valence-electron chi connectivity index (χ2n) is 6.69. The maximum absolute atomic E-state index is 12.7. The van der Waals surface area contributed by atoms with Crippen molar-refractivity contribution in [2.45, 2.75) is 6.92 Å². The van der Waals surface area contributed by atoms with Crippen LogP contribution in [0, 0.1) is 0 Å². The molecular weight excluding hydrogens is 368 g/mol. The first-order valence-electron chi connectivity index (χ1n) is 9.03. The van der Waals surface area contributed by atoms with E-state index in [0.717, 1.165) is 11.1 Å². The quantitative estimate of drug-likeness (QED) is 0.553. The molecule has 4 rings (SSSR count). The first kappa shape index (κ1) is 18.4. The topological polar surface area (TPSA) is 84.5 Å². The minimum atomic E-state index is -0.351. The molecule has 1 aliphatic rings. The number of carbonyl (C=O) groups is 3. The number of benzene rings is 3. The standard InChI is InChI=1S/C23H18N2O4/c1-13(26)24-20-12-15(8-10-21(20)29-2)25-23(28)14-7-9-17-16-5-3-4-6-18(16)22(27)19(17)11-14/h3-12H,1-2H3,(H,24,26)(H,25,28). The largest absolute Gasteiger partial charge is 0.495 e. The van der Waals surface area contributed by atoms with Crippen LogP contribution in [0.2, 0.25) is 0 Å². The SMILES string of the molecule is COc1ccc(NC(=O)c2ccc3c(c2)C(=O)c2ccccc2-3)cc1NC(C)=O. The first-order valence-corrected chi connectivity index (χ1v) is 9.03. The lowest BCUT2D eigenvalue weighted by Gasteiger charge is -2.12. The fourth-order valence-corrected chi connectivity index (χ4v) is 3.45. The number of hydrogen-bond donors (Lipinski definition) is 2. The Morgan fingerprint density at radius 3 is 2.28 bits per heavy atom. The highest BCUT2D eigenvalue weighted by atomic mass is 16.5. The summed E-state index contributed by atoms with van der Waals surface area (Å²) in [6.07, 6.45) is 0. The smallest absolute Gasteiger partial charge is 0.255 e. The Morgan fingerprint density at radius 2 is 1.55 bits per heavy atom. The summed E-state index contributed by atoms with van der Waals surface area (Å²) in [5.74, 6) is -0.194. The predicted octanol–water partition coefficient (Wildman–Crippen LogP) is 4.12. The highest BCUT2D eigenvalue weighted by Crippen LogP contribution is 2.37. The van der Waals surface area contributed by atoms with Gasteiger partial charge in [-0.1, -0.05) is 30.3 Å². The van der Waals surface area contributed by atoms with Crippen molar-refractivity contribution in [2.24, 2.45) is 0 Å². The fraction of sp³-hybridized carbons (Fsp3) is 0.0870. The van der Waals surface area contributed by atoms with Crippen LogP contribution >= 0.6 is 0 Å². The third kappa shape index (κ3) is 3.36. The summed E-state index contributed by atoms with van der Waals surface area (Å²) in [6.45, 7) is 1.39. The van der Waals surface area contributed by atoms with Crippen LogP contribution < -0.4 is 15.4 Å². The second-order valence-corrected chi connectivity index (χ2v) is 6.69. The minimum Gasteiger partial charge on any atom is -0.495 e. The molecule has 3 aromatic carbocycles. The zero-order chi connectivity index (χ0) is 20.5. The lowest BCUT2D eigenvalue weighted by Crippen LogP contribution is -2.13. The van der Waals surface area contributed by atoms with E-state index in [1.165, 1.54) is 14.0 Å². The van der Waals surface area contributed by atoms with E-state index < -0.39 is 0 Å². The average molecular weight is 386 g/mol. The summed E-state index contributed by atoms with van der Waals surface area (Å²) < 4.78 is 5.22. The summed E-state index contributed by atoms with van der Waals surface area (Å²) in [5.41, 5.74) is 4.21. The van der Waals surface area contributed by atoms with Gasteiger partial charge in [0.15, 0.2) is 5.78 Å². The van der Waals surface area contributed by atoms with E-state index in [-0.39, 0.29) is 17.6 Å². The number of fused-ring (bicyclic) bond motifs is 3. The van der Waals surface area contributed by atoms with Crippen molar-refractivity contribution in [3.8, 4) is 16.9 Å². The van der Waals surface area contributed by atoms with Gasteiger partial charge in [0.2, 0.25) is 5.91 Å². The van der Waals surface area contributed by atoms with E-state index in [9.17, 15) is 14.4 Å². The molecule has 0 fully saturated rings. The van der Waals surface area contributed by atoms with Crippen LogP contribution in [0.3, 0.4) is 0 Å². The molecule has 0 radical (unpaired) electrons. The normalized spacial score (nSPS) is 11.4. The third-order valence-electron chi connectivity index (χ3n) is 4.76. The van der Waals surface area contributed by atoms with E-state index in [4.69, 9.17) is 4.74 Å². The van der Waals surface area contributed by atoms with Crippen LogP contribution in [0.15, 0.2) is 60.7 Å². The van der Waals surface area contributed by atoms with Crippen molar-refractivity contribution >= 4 is 29.0 Å². The molecule has 0 aromatic heterocycles. The molecule has 0 bridgehead atoms. The van der Waals surface area contributed by atoms with Crippen molar-refractivity contribution in [3.05, 3.63) is 77.4 Å². The molecule has 6 heteroatoms. The Bertz CT molecular complexity index is 1170. The Labute approximate surface area is 167 Å². The number of ether oxygens (including phenoxy) is 1. The maximum Gasteiger partial charge on any atom is 0.255 e. The molecule has 144 valence electrons. The Kier molecular flexibility index (Phi) is 4.60. The van der Waals surface area contributed by atoms with Gasteiger partial charge >= 0.3 is 0 Å². The number of nitrogens with one attached hydrogen (secondary N) is 2. The molecular formula is C23H18N2O4. The van der Waals surface area contributed by atoms with E-state index in [2.05, 4.69) is 10.6 Å². The Morgan fingerprint density at radius 1 is 0.828 bits per heavy atom. The van der Waals surface area contributed by atoms with E-state index in [1.54, 1.807) is 42.5 Å². The molecule has 2 amide bonds. The zero-order valence-corrected chi connectivity index (χ0v) is 15.9. The van der Waals surface area contributed by atoms with E-state index in [1.807, 2.05) is 18.2 Å². The summed E-state index contributed by atoms with van der Waals surface area (Å²) in [6, 6.07) is 17.5. The van der Waals surface area contributed by atoms with Gasteiger partial charge in [0.1, 0.15) is 5.75 Å². The first-order chi connectivity index (χ1) is 14.0. The Balaban J connectivity index is 1.61. The molecule has 6 nitrogen and oxygen atoms in total. The number of ketones is 1. The zero-order valence-electron chi connectivity index (χ0n) is 15.9. The van der Waals surface area contributed by atoms with Crippen molar-refractivity contribution in [2.75, 3.05) is 17.7 Å². The van der Waals surface area contributed by atoms with Crippen molar-refractivity contribution in [1.29, 1.82) is 0 Å². The van der Waals surface area contributed by atoms with Gasteiger partial charge in [-0.3, -0.25) is 14.4 Å². The lowest BCUT2D eigenvalue weighted by atomic mass is 10.0. The van der Waals surface area contributed by atoms with Gasteiger partial charge in [-0.25, -0.2) is 0 Å². The molecule has 3 aromatic rings.